The molecule has 4 atom stereocenters. The molecule has 2 aliphatic heterocycles. The summed E-state index contributed by atoms with van der Waals surface area (Å²) in [5, 5.41) is 47.7. The number of benzene rings is 6. The summed E-state index contributed by atoms with van der Waals surface area (Å²) < 4.78 is 95.4. The number of carbonyl (C=O) groups is 9. The molecule has 0 radical (unpaired) electrons. The molecule has 0 unspecified atom stereocenters. The number of amides is 6. The van der Waals surface area contributed by atoms with E-state index >= 15 is 0 Å². The molecule has 2 saturated heterocycles. The number of halogens is 1. The number of methoxy groups -OCH3 is 3. The Labute approximate surface area is 934 Å². The van der Waals surface area contributed by atoms with Crippen LogP contribution in [0.25, 0.3) is 56.0 Å². The number of rotatable bonds is 34. The first kappa shape index (κ1) is 125. The quantitative estimate of drug-likeness (QED) is 0.00545. The van der Waals surface area contributed by atoms with Crippen molar-refractivity contribution in [1.29, 1.82) is 0 Å². The number of furan rings is 2. The van der Waals surface area contributed by atoms with Crippen LogP contribution in [0.4, 0.5) is 21.2 Å². The second kappa shape index (κ2) is 60.8. The van der Waals surface area contributed by atoms with Gasteiger partial charge in [0.25, 0.3) is 30.2 Å². The van der Waals surface area contributed by atoms with Crippen LogP contribution in [0.15, 0.2) is 173 Å². The molecule has 6 N–H and O–H groups in total. The van der Waals surface area contributed by atoms with Gasteiger partial charge in [-0.2, -0.15) is 9.97 Å². The van der Waals surface area contributed by atoms with E-state index in [9.17, 15) is 45.6 Å². The minimum Gasteiger partial charge on any atom is -1.00 e. The third-order valence-electron chi connectivity index (χ3n) is 25.3. The molecule has 786 valence electrons. The van der Waals surface area contributed by atoms with Crippen molar-refractivity contribution in [3.63, 3.8) is 0 Å². The van der Waals surface area contributed by atoms with E-state index < -0.39 is 87.0 Å². The number of cyclic esters (lactones) is 2. The van der Waals surface area contributed by atoms with E-state index in [2.05, 4.69) is 69.9 Å². The number of carbonyl (C=O) groups excluding carboxylic acids is 7. The van der Waals surface area contributed by atoms with Crippen molar-refractivity contribution >= 4 is 151 Å². The Kier molecular flexibility index (Phi) is 51.7. The summed E-state index contributed by atoms with van der Waals surface area (Å²) in [6.45, 7) is 8.43. The SMILES string of the molecule is CC(=O)O.CC(=O)O.CNC(=O)c1c(-c2ccc(C)cc2)oc2nc(N(CCC[C@H](COC)C(=O)N3C(=O)OC[C@@H]3Cc3ccccc3)S(C)(=O)=O)c(C3CC3)cc12.CNC(=O)c1c(-c2ccc(C)cc2)oc2nc(N(CCC[C@H](COC)C(=O)N3C(=O)OC[C@@H]3Cc3ccccc3)S(C)(=O)=O)c(I)cc12.COc1cccc(C)c1-c1ccccc1P(C1CCCCC1)C1CCCCC1.O=CO[O-].OB(O)C1CC1.[H-].[Na+].[Na+].[Pd]. The van der Waals surface area contributed by atoms with Crippen LogP contribution in [0, 0.1) is 36.2 Å². The van der Waals surface area contributed by atoms with Crippen molar-refractivity contribution in [2.45, 2.75) is 198 Å². The molecule has 147 heavy (non-hydrogen) atoms. The number of anilines is 2. The predicted molar refractivity (Wildman–Crippen MR) is 559 cm³/mol. The van der Waals surface area contributed by atoms with Gasteiger partial charge in [0.15, 0.2) is 5.82 Å². The summed E-state index contributed by atoms with van der Waals surface area (Å²) in [4.78, 5) is 120. The molecule has 4 aromatic heterocycles. The first-order valence-electron chi connectivity index (χ1n) is 48.1. The van der Waals surface area contributed by atoms with Crippen molar-refractivity contribution < 1.29 is 204 Å². The van der Waals surface area contributed by atoms with Gasteiger partial charge in [-0.3, -0.25) is 42.2 Å². The number of carboxylic acids is 2. The maximum absolute atomic E-state index is 13.8. The van der Waals surface area contributed by atoms with E-state index in [1.165, 1.54) is 116 Å². The van der Waals surface area contributed by atoms with E-state index in [-0.39, 0.29) is 207 Å². The van der Waals surface area contributed by atoms with Crippen LogP contribution in [-0.4, -0.2) is 229 Å². The monoisotopic (exact) mass is 2300 g/mol. The maximum atomic E-state index is 13.8. The number of hydrogen-bond donors (Lipinski definition) is 6. The largest absolute Gasteiger partial charge is 1.00 e. The van der Waals surface area contributed by atoms with Gasteiger partial charge in [-0.15, -0.1) is 0 Å². The van der Waals surface area contributed by atoms with Crippen LogP contribution in [0.5, 0.6) is 5.75 Å². The average Bonchev–Trinajstić information content (AvgIpc) is 1.58. The van der Waals surface area contributed by atoms with E-state index in [0.29, 0.717) is 61.0 Å². The van der Waals surface area contributed by atoms with E-state index in [4.69, 9.17) is 77.4 Å². The fourth-order valence-corrected chi connectivity index (χ4v) is 24.9. The van der Waals surface area contributed by atoms with E-state index in [0.717, 1.165) is 102 Å². The maximum Gasteiger partial charge on any atom is 1.00 e. The Morgan fingerprint density at radius 3 is 1.36 bits per heavy atom. The topological polar surface area (TPSA) is 470 Å². The summed E-state index contributed by atoms with van der Waals surface area (Å²) in [5.41, 5.74) is 12.9. The van der Waals surface area contributed by atoms with E-state index in [1.54, 1.807) is 18.4 Å². The fourth-order valence-electron chi connectivity index (χ4n) is 18.2. The number of carboxylic acid groups (broad SMARTS) is 2. The first-order valence-corrected chi connectivity index (χ1v) is 54.3. The zero-order chi connectivity index (χ0) is 105. The molecule has 34 nitrogen and oxygen atoms in total. The number of nitrogens with one attached hydrogen (secondary N) is 2. The number of pyridine rings is 2. The van der Waals surface area contributed by atoms with Crippen molar-refractivity contribution in [1.82, 2.24) is 30.4 Å². The van der Waals surface area contributed by atoms with Gasteiger partial charge in [0.1, 0.15) is 36.3 Å². The number of nitrogens with zero attached hydrogens (tertiary/aromatic N) is 6. The van der Waals surface area contributed by atoms with Crippen LogP contribution in [0.2, 0.25) is 5.82 Å². The molecule has 6 heterocycles. The van der Waals surface area contributed by atoms with Crippen LogP contribution < -0.4 is 93.7 Å². The van der Waals surface area contributed by atoms with Crippen molar-refractivity contribution in [3.8, 4) is 39.5 Å². The molecule has 6 fully saturated rings. The Morgan fingerprint density at radius 1 is 0.585 bits per heavy atom. The van der Waals surface area contributed by atoms with Gasteiger partial charge in [0.05, 0.1) is 82.2 Å². The normalized spacial score (nSPS) is 15.7. The summed E-state index contributed by atoms with van der Waals surface area (Å²) in [6.07, 6.45) is 20.9. The Hall–Kier alpha value is -9.08. The number of ether oxygens (including phenoxy) is 5. The average molecular weight is 2310 g/mol. The number of imide groups is 2. The number of aliphatic carboxylic acids is 2. The molecular weight excluding hydrogens is 2170 g/mol. The fraction of sp³-hybridized carbons (Fsp3) is 0.438. The summed E-state index contributed by atoms with van der Waals surface area (Å²) in [7, 11) is -1.02. The number of aryl methyl sites for hydroxylation is 3. The van der Waals surface area contributed by atoms with Crippen LogP contribution >= 0.6 is 30.5 Å². The summed E-state index contributed by atoms with van der Waals surface area (Å²) in [6, 6.07) is 52.6. The minimum absolute atomic E-state index is 0. The molecular formula is C105H131BIN8Na2O26PPdS2. The van der Waals surface area contributed by atoms with Crippen LogP contribution in [0.1, 0.15) is 191 Å². The number of sulfonamides is 2. The zero-order valence-corrected chi connectivity index (χ0v) is 95.9. The Bertz CT molecular complexity index is 6240. The van der Waals surface area contributed by atoms with Crippen LogP contribution in [0.3, 0.4) is 0 Å². The smallest absolute Gasteiger partial charge is 1.00 e. The number of aromatic nitrogens is 2. The molecule has 6 aliphatic rings. The van der Waals surface area contributed by atoms with Crippen molar-refractivity contribution in [2.24, 2.45) is 11.8 Å². The predicted octanol–water partition coefficient (Wildman–Crippen LogP) is 10.4. The molecule has 42 heteroatoms. The van der Waals surface area contributed by atoms with Crippen LogP contribution in [-0.2, 0) is 101 Å². The van der Waals surface area contributed by atoms with Gasteiger partial charge in [-0.25, -0.2) is 36.2 Å². The standard InChI is InChI=1S/C37H42N4O8S.C34H37IN4O8S.C26H35OP.C3H7BO2.2C2H4O2.CH2O3.2Na.Pd.H/c1-23-12-14-26(15-13-23)32-31(34(42)38-2)30-20-29(25-16-17-25)33(39-35(30)49-32)40(50(4,45)46)18-8-11-27(21-47-3)36(43)41-28(22-48-37(41)44)19-24-9-6-5-7-10-24;1-21-12-14-23(15-13-21)29-28(31(40)36-2)26-18-27(35)30(37-32(26)47-29)38(48(4,43)44)16-8-11-24(19-45-3)33(41)39-25(20-46-34(39)42)17-22-9-6-5-7-10-22;1-20-12-11-18-24(27-2)26(20)23-17-9-10-19-25(23)28(21-13-5-3-6-14-21)22-15-7-4-8-16-22;5-4(6)3-1-2-3;2*1-2(3)4;2-1-4-3;;;;/h5-7,9-10,12-15,20,25,27-28H,8,11,16-19,21-22H2,1-4H3,(H,38,42);5-7,9-10,12-15,18,24-25H,8,11,16-17,19-20H2,1-4H3,(H,36,40);9-12,17-19,21-22H,3-8,13-16H2,1-2H3;3,5-6H,1-2H2;2*1H3,(H,3,4);1,3H;;;;/q;;;;;;;2*+1;;-1/p-1/t27-,28+;24-,25+;;;;;;;;;/m11........./s1. The Morgan fingerprint density at radius 2 is 0.986 bits per heavy atom. The van der Waals surface area contributed by atoms with Gasteiger partial charge in [-0.05, 0) is 195 Å². The summed E-state index contributed by atoms with van der Waals surface area (Å²) >= 11 is 2.00. The first-order chi connectivity index (χ1) is 68.9. The van der Waals surface area contributed by atoms with Gasteiger partial charge < -0.3 is 75.0 Å². The summed E-state index contributed by atoms with van der Waals surface area (Å²) in [5.74, 6) is -2.27. The number of fused-ring (bicyclic) bond motifs is 2. The van der Waals surface area contributed by atoms with E-state index in [1.807, 2.05) is 159 Å². The number of hydrogen-bond acceptors (Lipinski definition) is 26. The molecule has 4 aliphatic carbocycles. The molecule has 10 aromatic rings. The third-order valence-corrected chi connectivity index (χ3v) is 32.0. The molecule has 4 saturated carbocycles. The second-order valence-electron chi connectivity index (χ2n) is 36.3. The second-order valence-corrected chi connectivity index (χ2v) is 44.1. The van der Waals surface area contributed by atoms with Gasteiger partial charge in [0, 0.05) is 92.4 Å². The molecule has 16 rings (SSSR count). The van der Waals surface area contributed by atoms with Crippen molar-refractivity contribution in [2.75, 3.05) is 96.1 Å². The van der Waals surface area contributed by atoms with Gasteiger partial charge in [0.2, 0.25) is 43.3 Å². The molecule has 6 amide bonds. The Balaban J connectivity index is 0.000000316. The zero-order valence-electron chi connectivity index (χ0n) is 86.7. The third kappa shape index (κ3) is 35.5. The molecule has 0 spiro atoms. The van der Waals surface area contributed by atoms with Gasteiger partial charge in [-0.1, -0.05) is 216 Å². The van der Waals surface area contributed by atoms with Gasteiger partial charge >= 0.3 is 78.4 Å². The molecule has 6 aromatic carbocycles. The molecule has 0 bridgehead atoms. The van der Waals surface area contributed by atoms with Crippen molar-refractivity contribution in [3.05, 3.63) is 212 Å². The minimum atomic E-state index is -3.85.